The Hall–Kier alpha value is -1.27. The molecule has 168 valence electrons. The maximum absolute atomic E-state index is 12.9. The average Bonchev–Trinajstić information content (AvgIpc) is 2.87. The van der Waals surface area contributed by atoms with Crippen LogP contribution >= 0.6 is 24.0 Å². The van der Waals surface area contributed by atoms with E-state index in [1.165, 1.54) is 4.90 Å². The first-order chi connectivity index (χ1) is 13.1. The number of nitrogens with zero attached hydrogens (tertiary/aromatic N) is 2. The van der Waals surface area contributed by atoms with Gasteiger partial charge in [0, 0.05) is 26.2 Å². The van der Waals surface area contributed by atoms with Gasteiger partial charge in [0.1, 0.15) is 5.54 Å². The molecule has 0 bridgehead atoms. The summed E-state index contributed by atoms with van der Waals surface area (Å²) in [5, 5.41) is 8.80. The Balaban J connectivity index is 0.00000420. The summed E-state index contributed by atoms with van der Waals surface area (Å²) in [7, 11) is 1.56. The molecule has 1 aliphatic heterocycles. The van der Waals surface area contributed by atoms with Crippen LogP contribution in [0.5, 0.6) is 0 Å². The first-order valence-electron chi connectivity index (χ1n) is 9.78. The third kappa shape index (κ3) is 6.61. The van der Waals surface area contributed by atoms with Crippen LogP contribution in [-0.2, 0) is 4.79 Å². The van der Waals surface area contributed by atoms with Gasteiger partial charge in [-0.1, -0.05) is 13.3 Å². The van der Waals surface area contributed by atoms with Crippen LogP contribution in [0.2, 0.25) is 0 Å². The van der Waals surface area contributed by atoms with E-state index in [0.29, 0.717) is 38.2 Å². The van der Waals surface area contributed by atoms with E-state index in [9.17, 15) is 22.8 Å². The number of urea groups is 1. The quantitative estimate of drug-likeness (QED) is 0.161. The predicted octanol–water partition coefficient (Wildman–Crippen LogP) is 3.00. The normalized spacial score (nSPS) is 28.1. The van der Waals surface area contributed by atoms with Gasteiger partial charge in [-0.3, -0.25) is 14.7 Å². The number of rotatable bonds is 6. The van der Waals surface area contributed by atoms with Crippen molar-refractivity contribution in [3.63, 3.8) is 0 Å². The maximum Gasteiger partial charge on any atom is 0.391 e. The summed E-state index contributed by atoms with van der Waals surface area (Å²) < 4.78 is 38.8. The van der Waals surface area contributed by atoms with Crippen molar-refractivity contribution in [3.8, 4) is 0 Å². The fourth-order valence-electron chi connectivity index (χ4n) is 3.64. The number of hydrogen-bond acceptors (Lipinski definition) is 3. The molecule has 2 aliphatic rings. The Kier molecular flexibility index (Phi) is 9.48. The number of aliphatic imine (C=N–C) groups is 1. The van der Waals surface area contributed by atoms with Crippen LogP contribution in [0.25, 0.3) is 0 Å². The monoisotopic (exact) mass is 533 g/mol. The van der Waals surface area contributed by atoms with Crippen LogP contribution in [0.3, 0.4) is 0 Å². The van der Waals surface area contributed by atoms with E-state index in [0.717, 1.165) is 0 Å². The number of carbonyl (C=O) groups excluding carboxylic acids is 2. The molecule has 0 aromatic heterocycles. The lowest BCUT2D eigenvalue weighted by molar-refractivity contribution is -0.183. The molecule has 0 aromatic rings. The van der Waals surface area contributed by atoms with E-state index in [-0.39, 0.29) is 55.3 Å². The molecule has 1 saturated heterocycles. The Bertz CT molecular complexity index is 617. The van der Waals surface area contributed by atoms with Crippen LogP contribution in [0.4, 0.5) is 18.0 Å². The van der Waals surface area contributed by atoms with Gasteiger partial charge in [0.25, 0.3) is 5.91 Å². The molecule has 2 rings (SSSR count). The summed E-state index contributed by atoms with van der Waals surface area (Å²) in [5.74, 6) is -1.07. The molecule has 2 fully saturated rings. The first kappa shape index (κ1) is 25.8. The number of nitrogens with one attached hydrogen (secondary N) is 3. The summed E-state index contributed by atoms with van der Waals surface area (Å²) in [4.78, 5) is 29.5. The first-order valence-corrected chi connectivity index (χ1v) is 9.78. The molecule has 7 nitrogen and oxygen atoms in total. The number of halogens is 4. The summed E-state index contributed by atoms with van der Waals surface area (Å²) in [6.45, 7) is 4.25. The standard InChI is InChI=1S/C18H30F3N5O2.HI/c1-4-17(2)14(27)26(16(28)25-17)10-6-9-23-15(22-3)24-13-8-5-7-12(11-13)18(19,20)21;/h12-13H,4-11H2,1-3H3,(H,25,28)(H2,22,23,24);1H. The second kappa shape index (κ2) is 10.7. The minimum absolute atomic E-state index is 0. The zero-order chi connectivity index (χ0) is 20.9. The topological polar surface area (TPSA) is 85.8 Å². The molecule has 29 heavy (non-hydrogen) atoms. The van der Waals surface area contributed by atoms with Crippen molar-refractivity contribution in [2.45, 2.75) is 70.1 Å². The fraction of sp³-hybridized carbons (Fsp3) is 0.833. The third-order valence-corrected chi connectivity index (χ3v) is 5.60. The SMILES string of the molecule is CCC1(C)NC(=O)N(CCCNC(=NC)NC2CCCC(C(F)(F)F)C2)C1=O.I. The lowest BCUT2D eigenvalue weighted by Crippen LogP contribution is -2.47. The highest BCUT2D eigenvalue weighted by Crippen LogP contribution is 2.37. The zero-order valence-corrected chi connectivity index (χ0v) is 19.4. The van der Waals surface area contributed by atoms with Gasteiger partial charge in [0.15, 0.2) is 5.96 Å². The van der Waals surface area contributed by atoms with Crippen molar-refractivity contribution in [3.05, 3.63) is 0 Å². The van der Waals surface area contributed by atoms with Gasteiger partial charge in [-0.25, -0.2) is 4.79 Å². The van der Waals surface area contributed by atoms with Gasteiger partial charge in [-0.2, -0.15) is 13.2 Å². The van der Waals surface area contributed by atoms with Crippen LogP contribution in [0.1, 0.15) is 52.4 Å². The summed E-state index contributed by atoms with van der Waals surface area (Å²) >= 11 is 0. The Labute approximate surface area is 186 Å². The lowest BCUT2D eigenvalue weighted by Gasteiger charge is -2.31. The molecule has 1 aliphatic carbocycles. The second-order valence-electron chi connectivity index (χ2n) is 7.67. The molecule has 1 heterocycles. The van der Waals surface area contributed by atoms with Crippen LogP contribution in [0, 0.1) is 5.92 Å². The summed E-state index contributed by atoms with van der Waals surface area (Å²) in [5.41, 5.74) is -0.849. The summed E-state index contributed by atoms with van der Waals surface area (Å²) in [6, 6.07) is -0.667. The van der Waals surface area contributed by atoms with Gasteiger partial charge in [-0.05, 0) is 39.0 Å². The third-order valence-electron chi connectivity index (χ3n) is 5.60. The number of guanidine groups is 1. The molecule has 3 amide bonds. The van der Waals surface area contributed by atoms with Gasteiger partial charge < -0.3 is 16.0 Å². The number of alkyl halides is 3. The lowest BCUT2D eigenvalue weighted by atomic mass is 9.85. The maximum atomic E-state index is 12.9. The molecule has 1 saturated carbocycles. The van der Waals surface area contributed by atoms with Gasteiger partial charge in [-0.15, -0.1) is 24.0 Å². The van der Waals surface area contributed by atoms with E-state index in [2.05, 4.69) is 20.9 Å². The van der Waals surface area contributed by atoms with Crippen molar-refractivity contribution < 1.29 is 22.8 Å². The second-order valence-corrected chi connectivity index (χ2v) is 7.67. The minimum Gasteiger partial charge on any atom is -0.356 e. The number of amides is 3. The van der Waals surface area contributed by atoms with E-state index in [4.69, 9.17) is 0 Å². The fourth-order valence-corrected chi connectivity index (χ4v) is 3.64. The van der Waals surface area contributed by atoms with E-state index in [1.807, 2.05) is 6.92 Å². The van der Waals surface area contributed by atoms with Crippen LogP contribution in [0.15, 0.2) is 4.99 Å². The summed E-state index contributed by atoms with van der Waals surface area (Å²) in [6.07, 6.45) is -1.71. The van der Waals surface area contributed by atoms with Crippen molar-refractivity contribution in [2.24, 2.45) is 10.9 Å². The highest BCUT2D eigenvalue weighted by molar-refractivity contribution is 14.0. The number of imide groups is 1. The number of hydrogen-bond donors (Lipinski definition) is 3. The van der Waals surface area contributed by atoms with Gasteiger partial charge in [0.05, 0.1) is 5.92 Å². The van der Waals surface area contributed by atoms with Gasteiger partial charge >= 0.3 is 12.2 Å². The van der Waals surface area contributed by atoms with Crippen molar-refractivity contribution in [1.29, 1.82) is 0 Å². The van der Waals surface area contributed by atoms with E-state index in [1.54, 1.807) is 14.0 Å². The molecule has 11 heteroatoms. The molecule has 3 N–H and O–H groups in total. The minimum atomic E-state index is -4.16. The molecule has 0 radical (unpaired) electrons. The van der Waals surface area contributed by atoms with Crippen LogP contribution in [-0.4, -0.2) is 60.7 Å². The van der Waals surface area contributed by atoms with Crippen molar-refractivity contribution in [1.82, 2.24) is 20.9 Å². The Morgan fingerprint density at radius 3 is 2.59 bits per heavy atom. The molecule has 0 spiro atoms. The van der Waals surface area contributed by atoms with Gasteiger partial charge in [0.2, 0.25) is 0 Å². The Morgan fingerprint density at radius 1 is 1.34 bits per heavy atom. The molecule has 3 atom stereocenters. The zero-order valence-electron chi connectivity index (χ0n) is 17.1. The molecular weight excluding hydrogens is 502 g/mol. The van der Waals surface area contributed by atoms with Crippen molar-refractivity contribution in [2.75, 3.05) is 20.1 Å². The Morgan fingerprint density at radius 2 is 2.03 bits per heavy atom. The molecule has 0 aromatic carbocycles. The average molecular weight is 533 g/mol. The van der Waals surface area contributed by atoms with Crippen LogP contribution < -0.4 is 16.0 Å². The largest absolute Gasteiger partial charge is 0.391 e. The number of carbonyl (C=O) groups is 2. The predicted molar refractivity (Wildman–Crippen MR) is 115 cm³/mol. The van der Waals surface area contributed by atoms with E-state index < -0.39 is 23.7 Å². The van der Waals surface area contributed by atoms with E-state index >= 15 is 0 Å². The highest BCUT2D eigenvalue weighted by Gasteiger charge is 2.46. The molecular formula is C18H31F3IN5O2. The highest BCUT2D eigenvalue weighted by atomic mass is 127. The van der Waals surface area contributed by atoms with Crippen molar-refractivity contribution >= 4 is 41.9 Å². The smallest absolute Gasteiger partial charge is 0.356 e. The molecule has 3 unspecified atom stereocenters.